The number of carbonyl (C=O) groups excluding carboxylic acids is 1. The van der Waals surface area contributed by atoms with Crippen LogP contribution in [0.4, 0.5) is 10.1 Å². The fourth-order valence-electron chi connectivity index (χ4n) is 2.98. The summed E-state index contributed by atoms with van der Waals surface area (Å²) in [5.74, 6) is -0.661. The number of aromatic nitrogens is 5. The molecule has 0 saturated carbocycles. The van der Waals surface area contributed by atoms with Crippen molar-refractivity contribution in [3.63, 3.8) is 0 Å². The van der Waals surface area contributed by atoms with Crippen molar-refractivity contribution in [1.82, 2.24) is 24.8 Å². The summed E-state index contributed by atoms with van der Waals surface area (Å²) in [4.78, 5) is 12.6. The summed E-state index contributed by atoms with van der Waals surface area (Å²) in [5.41, 5.74) is 3.02. The van der Waals surface area contributed by atoms with E-state index in [9.17, 15) is 9.18 Å². The highest BCUT2D eigenvalue weighted by Crippen LogP contribution is 2.13. The number of nitrogens with one attached hydrogen (secondary N) is 1. The van der Waals surface area contributed by atoms with Gasteiger partial charge in [0, 0.05) is 11.8 Å². The lowest BCUT2D eigenvalue weighted by molar-refractivity contribution is 0.102. The molecule has 0 saturated heterocycles. The average Bonchev–Trinajstić information content (AvgIpc) is 3.31. The smallest absolute Gasteiger partial charge is 0.278 e. The lowest BCUT2D eigenvalue weighted by atomic mass is 10.2. The van der Waals surface area contributed by atoms with E-state index in [0.29, 0.717) is 23.5 Å². The molecule has 0 aliphatic heterocycles. The highest BCUT2D eigenvalue weighted by molar-refractivity contribution is 6.03. The number of hydrogen-bond acceptors (Lipinski definition) is 4. The summed E-state index contributed by atoms with van der Waals surface area (Å²) < 4.78 is 17.0. The van der Waals surface area contributed by atoms with Crippen molar-refractivity contribution in [3.8, 4) is 0 Å². The van der Waals surface area contributed by atoms with Crippen molar-refractivity contribution in [3.05, 3.63) is 95.3 Å². The first kappa shape index (κ1) is 18.5. The number of nitrogens with zero attached hydrogens (tertiary/aromatic N) is 5. The van der Waals surface area contributed by atoms with Gasteiger partial charge in [0.1, 0.15) is 5.82 Å². The first-order chi connectivity index (χ1) is 14.1. The summed E-state index contributed by atoms with van der Waals surface area (Å²) >= 11 is 0. The molecule has 0 atom stereocenters. The first-order valence-electron chi connectivity index (χ1n) is 9.11. The van der Waals surface area contributed by atoms with E-state index in [0.717, 1.165) is 5.56 Å². The Hall–Kier alpha value is -3.81. The van der Waals surface area contributed by atoms with E-state index in [4.69, 9.17) is 0 Å². The normalized spacial score (nSPS) is 10.8. The van der Waals surface area contributed by atoms with Crippen molar-refractivity contribution in [2.75, 3.05) is 5.32 Å². The van der Waals surface area contributed by atoms with Crippen LogP contribution in [-0.2, 0) is 13.1 Å². The molecule has 0 aliphatic carbocycles. The van der Waals surface area contributed by atoms with E-state index in [2.05, 4.69) is 20.7 Å². The van der Waals surface area contributed by atoms with E-state index < -0.39 is 0 Å². The van der Waals surface area contributed by atoms with Crippen LogP contribution in [0.5, 0.6) is 0 Å². The van der Waals surface area contributed by atoms with Gasteiger partial charge in [-0.2, -0.15) is 5.10 Å². The summed E-state index contributed by atoms with van der Waals surface area (Å²) in [5, 5.41) is 15.0. The Morgan fingerprint density at radius 1 is 1.07 bits per heavy atom. The minimum atomic E-state index is -0.368. The van der Waals surface area contributed by atoms with Gasteiger partial charge in [0.2, 0.25) is 0 Å². The van der Waals surface area contributed by atoms with E-state index in [1.54, 1.807) is 40.7 Å². The molecule has 2 heterocycles. The molecule has 0 fully saturated rings. The van der Waals surface area contributed by atoms with Gasteiger partial charge in [-0.15, -0.1) is 5.10 Å². The maximum Gasteiger partial charge on any atom is 0.278 e. The Bertz CT molecular complexity index is 1140. The van der Waals surface area contributed by atoms with Crippen LogP contribution in [0.3, 0.4) is 0 Å². The van der Waals surface area contributed by atoms with Crippen LogP contribution in [0.1, 0.15) is 27.3 Å². The SMILES string of the molecule is Cc1c(C(=O)Nc2cnn(Cc3ccccc3F)c2)nnn1Cc1ccccc1. The highest BCUT2D eigenvalue weighted by Gasteiger charge is 2.17. The fraction of sp³-hybridized carbons (Fsp3) is 0.143. The number of hydrogen-bond donors (Lipinski definition) is 1. The number of benzene rings is 2. The first-order valence-corrected chi connectivity index (χ1v) is 9.11. The van der Waals surface area contributed by atoms with Crippen molar-refractivity contribution in [1.29, 1.82) is 0 Å². The maximum atomic E-state index is 13.8. The number of anilines is 1. The minimum Gasteiger partial charge on any atom is -0.318 e. The molecule has 0 unspecified atom stereocenters. The van der Waals surface area contributed by atoms with Gasteiger partial charge in [-0.25, -0.2) is 9.07 Å². The number of amides is 1. The number of rotatable bonds is 6. The van der Waals surface area contributed by atoms with Crippen LogP contribution in [0.25, 0.3) is 0 Å². The zero-order valence-corrected chi connectivity index (χ0v) is 15.8. The van der Waals surface area contributed by atoms with Crippen LogP contribution in [0, 0.1) is 12.7 Å². The minimum absolute atomic E-state index is 0.253. The molecule has 4 rings (SSSR count). The van der Waals surface area contributed by atoms with Crippen molar-refractivity contribution >= 4 is 11.6 Å². The van der Waals surface area contributed by atoms with Gasteiger partial charge in [-0.1, -0.05) is 53.7 Å². The van der Waals surface area contributed by atoms with Crippen LogP contribution >= 0.6 is 0 Å². The zero-order chi connectivity index (χ0) is 20.2. The molecule has 2 aromatic carbocycles. The summed E-state index contributed by atoms with van der Waals surface area (Å²) in [6, 6.07) is 16.3. The van der Waals surface area contributed by atoms with E-state index in [-0.39, 0.29) is 24.0 Å². The van der Waals surface area contributed by atoms with Crippen molar-refractivity contribution in [2.45, 2.75) is 20.0 Å². The molecule has 29 heavy (non-hydrogen) atoms. The third kappa shape index (κ3) is 4.21. The Labute approximate surface area is 166 Å². The molecule has 2 aromatic heterocycles. The monoisotopic (exact) mass is 390 g/mol. The van der Waals surface area contributed by atoms with Crippen molar-refractivity contribution in [2.24, 2.45) is 0 Å². The zero-order valence-electron chi connectivity index (χ0n) is 15.8. The lowest BCUT2D eigenvalue weighted by Gasteiger charge is -2.04. The largest absolute Gasteiger partial charge is 0.318 e. The molecule has 4 aromatic rings. The van der Waals surface area contributed by atoms with Gasteiger partial charge in [0.05, 0.1) is 30.7 Å². The molecule has 1 N–H and O–H groups in total. The molecule has 1 amide bonds. The van der Waals surface area contributed by atoms with Gasteiger partial charge in [-0.3, -0.25) is 9.48 Å². The summed E-state index contributed by atoms with van der Waals surface area (Å²) in [6.07, 6.45) is 3.16. The lowest BCUT2D eigenvalue weighted by Crippen LogP contribution is -2.14. The van der Waals surface area contributed by atoms with E-state index >= 15 is 0 Å². The van der Waals surface area contributed by atoms with E-state index in [1.807, 2.05) is 30.3 Å². The number of carbonyl (C=O) groups is 1. The molecule has 146 valence electrons. The van der Waals surface area contributed by atoms with Crippen LogP contribution in [-0.4, -0.2) is 30.7 Å². The topological polar surface area (TPSA) is 77.6 Å². The third-order valence-corrected chi connectivity index (χ3v) is 4.55. The molecule has 7 nitrogen and oxygen atoms in total. The standard InChI is InChI=1S/C21H19FN6O/c1-15-20(25-26-28(15)12-16-7-3-2-4-8-16)21(29)24-18-11-23-27(14-18)13-17-9-5-6-10-19(17)22/h2-11,14H,12-13H2,1H3,(H,24,29). The van der Waals surface area contributed by atoms with Gasteiger partial charge < -0.3 is 5.32 Å². The predicted octanol–water partition coefficient (Wildman–Crippen LogP) is 3.27. The molecular formula is C21H19FN6O. The number of halogens is 1. The Kier molecular flexibility index (Phi) is 5.15. The maximum absolute atomic E-state index is 13.8. The Morgan fingerprint density at radius 3 is 2.62 bits per heavy atom. The van der Waals surface area contributed by atoms with Crippen LogP contribution in [0.15, 0.2) is 67.0 Å². The second kappa shape index (κ2) is 8.05. The summed E-state index contributed by atoms with van der Waals surface area (Å²) in [6.45, 7) is 2.61. The highest BCUT2D eigenvalue weighted by atomic mass is 19.1. The summed E-state index contributed by atoms with van der Waals surface area (Å²) in [7, 11) is 0. The van der Waals surface area contributed by atoms with Crippen molar-refractivity contribution < 1.29 is 9.18 Å². The molecule has 0 spiro atoms. The second-order valence-electron chi connectivity index (χ2n) is 6.64. The quantitative estimate of drug-likeness (QED) is 0.548. The van der Waals surface area contributed by atoms with Gasteiger partial charge in [-0.05, 0) is 18.6 Å². The fourth-order valence-corrected chi connectivity index (χ4v) is 2.98. The van der Waals surface area contributed by atoms with Crippen LogP contribution < -0.4 is 5.32 Å². The van der Waals surface area contributed by atoms with Gasteiger partial charge >= 0.3 is 0 Å². The molecular weight excluding hydrogens is 371 g/mol. The second-order valence-corrected chi connectivity index (χ2v) is 6.64. The predicted molar refractivity (Wildman–Crippen MR) is 106 cm³/mol. The Morgan fingerprint density at radius 2 is 1.83 bits per heavy atom. The van der Waals surface area contributed by atoms with Gasteiger partial charge in [0.25, 0.3) is 5.91 Å². The van der Waals surface area contributed by atoms with Crippen LogP contribution in [0.2, 0.25) is 0 Å². The molecule has 0 bridgehead atoms. The molecule has 0 aliphatic rings. The molecule has 8 heteroatoms. The van der Waals surface area contributed by atoms with Gasteiger partial charge in [0.15, 0.2) is 5.69 Å². The molecule has 0 radical (unpaired) electrons. The Balaban J connectivity index is 1.44. The van der Waals surface area contributed by atoms with E-state index in [1.165, 1.54) is 12.3 Å². The third-order valence-electron chi connectivity index (χ3n) is 4.55. The average molecular weight is 390 g/mol.